The third-order valence-electron chi connectivity index (χ3n) is 6.79. The summed E-state index contributed by atoms with van der Waals surface area (Å²) < 4.78 is 4.88. The molecule has 1 aliphatic rings. The molecule has 4 nitrogen and oxygen atoms in total. The molecule has 37 heavy (non-hydrogen) atoms. The number of carbonyl (C=O) groups excluding carboxylic acids is 2. The molecule has 0 aliphatic carbocycles. The summed E-state index contributed by atoms with van der Waals surface area (Å²) in [5.74, 6) is -0.0322. The number of amides is 1. The predicted molar refractivity (Wildman–Crippen MR) is 148 cm³/mol. The summed E-state index contributed by atoms with van der Waals surface area (Å²) in [6.07, 6.45) is 0. The topological polar surface area (TPSA) is 46.6 Å². The van der Waals surface area contributed by atoms with Crippen LogP contribution < -0.4 is 4.90 Å². The lowest BCUT2D eigenvalue weighted by atomic mass is 9.89. The number of fused-ring (bicyclic) bond motifs is 1. The van der Waals surface area contributed by atoms with Crippen LogP contribution in [0.3, 0.4) is 0 Å². The fourth-order valence-electron chi connectivity index (χ4n) is 4.87. The fraction of sp³-hybridized carbons (Fsp3) is 0.152. The first-order chi connectivity index (χ1) is 18.0. The highest BCUT2D eigenvalue weighted by molar-refractivity contribution is 6.38. The normalized spacial score (nSPS) is 14.1. The van der Waals surface area contributed by atoms with Gasteiger partial charge in [0.15, 0.2) is 0 Å². The number of hydrogen-bond acceptors (Lipinski definition) is 3. The van der Waals surface area contributed by atoms with Gasteiger partial charge in [-0.05, 0) is 46.4 Å². The van der Waals surface area contributed by atoms with E-state index in [1.165, 1.54) is 12.7 Å². The summed E-state index contributed by atoms with van der Waals surface area (Å²) in [6.45, 7) is 4.70. The van der Waals surface area contributed by atoms with Crippen molar-refractivity contribution >= 4 is 28.7 Å². The molecular weight excluding hydrogens is 458 g/mol. The van der Waals surface area contributed by atoms with Gasteiger partial charge in [-0.2, -0.15) is 0 Å². The molecule has 0 spiro atoms. The smallest absolute Gasteiger partial charge is 0.337 e. The van der Waals surface area contributed by atoms with Crippen molar-refractivity contribution in [3.8, 4) is 0 Å². The number of carbonyl (C=O) groups is 2. The van der Waals surface area contributed by atoms with E-state index in [-0.39, 0.29) is 5.91 Å². The molecule has 0 aromatic heterocycles. The van der Waals surface area contributed by atoms with Crippen molar-refractivity contribution in [1.82, 2.24) is 0 Å². The summed E-state index contributed by atoms with van der Waals surface area (Å²) in [4.78, 5) is 28.1. The van der Waals surface area contributed by atoms with Gasteiger partial charge >= 0.3 is 5.97 Å². The Kier molecular flexibility index (Phi) is 6.74. The van der Waals surface area contributed by atoms with Crippen molar-refractivity contribution in [3.05, 3.63) is 137 Å². The molecule has 1 heterocycles. The van der Waals surface area contributed by atoms with Crippen LogP contribution >= 0.6 is 0 Å². The number of hydrogen-bond donors (Lipinski definition) is 0. The molecule has 184 valence electrons. The molecule has 4 aromatic rings. The van der Waals surface area contributed by atoms with E-state index in [1.807, 2.05) is 54.6 Å². The lowest BCUT2D eigenvalue weighted by molar-refractivity contribution is -0.113. The van der Waals surface area contributed by atoms with E-state index in [2.05, 4.69) is 50.2 Å². The van der Waals surface area contributed by atoms with Crippen molar-refractivity contribution in [2.45, 2.75) is 26.3 Å². The molecule has 0 bridgehead atoms. The Morgan fingerprint density at radius 2 is 1.43 bits per heavy atom. The number of benzene rings is 4. The first-order valence-electron chi connectivity index (χ1n) is 12.5. The minimum absolute atomic E-state index is 0.0588. The second kappa shape index (κ2) is 10.3. The highest BCUT2D eigenvalue weighted by Gasteiger charge is 2.35. The van der Waals surface area contributed by atoms with Gasteiger partial charge in [0, 0.05) is 11.1 Å². The Bertz CT molecular complexity index is 1480. The van der Waals surface area contributed by atoms with Gasteiger partial charge in [0.25, 0.3) is 5.91 Å². The second-order valence-corrected chi connectivity index (χ2v) is 9.49. The number of esters is 1. The van der Waals surface area contributed by atoms with E-state index >= 15 is 0 Å². The third kappa shape index (κ3) is 4.70. The maximum absolute atomic E-state index is 14.2. The van der Waals surface area contributed by atoms with Gasteiger partial charge in [0.1, 0.15) is 0 Å². The SMILES string of the molecule is COC(=O)c1cccc(CN2C(=O)C(=C(c3ccccc3)c3ccc(C(C)C)cc3)c3ccccc32)c1. The lowest BCUT2D eigenvalue weighted by Gasteiger charge is -2.18. The lowest BCUT2D eigenvalue weighted by Crippen LogP contribution is -2.26. The first kappa shape index (κ1) is 24.3. The minimum Gasteiger partial charge on any atom is -0.465 e. The maximum atomic E-state index is 14.2. The van der Waals surface area contributed by atoms with Crippen molar-refractivity contribution in [3.63, 3.8) is 0 Å². The average molecular weight is 488 g/mol. The van der Waals surface area contributed by atoms with Crippen LogP contribution in [-0.4, -0.2) is 19.0 Å². The summed E-state index contributed by atoms with van der Waals surface area (Å²) in [5, 5.41) is 0. The van der Waals surface area contributed by atoms with E-state index in [0.29, 0.717) is 23.6 Å². The van der Waals surface area contributed by atoms with E-state index in [0.717, 1.165) is 33.5 Å². The first-order valence-corrected chi connectivity index (χ1v) is 12.5. The summed E-state index contributed by atoms with van der Waals surface area (Å²) in [5.41, 5.74) is 7.94. The van der Waals surface area contributed by atoms with Gasteiger partial charge in [-0.3, -0.25) is 4.79 Å². The molecule has 0 N–H and O–H groups in total. The Morgan fingerprint density at radius 1 is 0.784 bits per heavy atom. The van der Waals surface area contributed by atoms with Gasteiger partial charge in [0.05, 0.1) is 30.5 Å². The molecule has 1 amide bonds. The zero-order valence-corrected chi connectivity index (χ0v) is 21.3. The Labute approximate surface area is 217 Å². The van der Waals surface area contributed by atoms with Crippen molar-refractivity contribution < 1.29 is 14.3 Å². The standard InChI is InChI=1S/C33H29NO3/c1-22(2)24-16-18-26(19-17-24)30(25-11-5-4-6-12-25)31-28-14-7-8-15-29(28)34(32(31)35)21-23-10-9-13-27(20-23)33(36)37-3/h4-20,22H,21H2,1-3H3. The van der Waals surface area contributed by atoms with Crippen LogP contribution in [-0.2, 0) is 16.1 Å². The number of anilines is 1. The number of para-hydroxylation sites is 1. The highest BCUT2D eigenvalue weighted by atomic mass is 16.5. The summed E-state index contributed by atoms with van der Waals surface area (Å²) >= 11 is 0. The number of nitrogens with zero attached hydrogens (tertiary/aromatic N) is 1. The zero-order chi connectivity index (χ0) is 25.9. The van der Waals surface area contributed by atoms with Gasteiger partial charge in [-0.1, -0.05) is 98.8 Å². The van der Waals surface area contributed by atoms with E-state index in [4.69, 9.17) is 4.74 Å². The molecule has 1 aliphatic heterocycles. The number of methoxy groups -OCH3 is 1. The monoisotopic (exact) mass is 487 g/mol. The Morgan fingerprint density at radius 3 is 2.14 bits per heavy atom. The minimum atomic E-state index is -0.396. The van der Waals surface area contributed by atoms with Gasteiger partial charge in [-0.15, -0.1) is 0 Å². The van der Waals surface area contributed by atoms with E-state index in [9.17, 15) is 9.59 Å². The quantitative estimate of drug-likeness (QED) is 0.215. The molecular formula is C33H29NO3. The Hall–Kier alpha value is -4.44. The van der Waals surface area contributed by atoms with Gasteiger partial charge in [-0.25, -0.2) is 4.79 Å². The molecule has 0 fully saturated rings. The molecule has 5 rings (SSSR count). The van der Waals surface area contributed by atoms with E-state index < -0.39 is 5.97 Å². The Balaban J connectivity index is 1.66. The summed E-state index contributed by atoms with van der Waals surface area (Å²) in [7, 11) is 1.37. The molecule has 0 atom stereocenters. The molecule has 0 unspecified atom stereocenters. The predicted octanol–water partition coefficient (Wildman–Crippen LogP) is 7.10. The van der Waals surface area contributed by atoms with Crippen LogP contribution in [0.2, 0.25) is 0 Å². The second-order valence-electron chi connectivity index (χ2n) is 9.49. The molecule has 4 heteroatoms. The molecule has 0 radical (unpaired) electrons. The number of rotatable bonds is 6. The van der Waals surface area contributed by atoms with E-state index in [1.54, 1.807) is 17.0 Å². The third-order valence-corrected chi connectivity index (χ3v) is 6.79. The van der Waals surface area contributed by atoms with Crippen molar-refractivity contribution in [2.75, 3.05) is 12.0 Å². The summed E-state index contributed by atoms with van der Waals surface area (Å²) in [6, 6.07) is 33.8. The van der Waals surface area contributed by atoms with Crippen molar-refractivity contribution in [1.29, 1.82) is 0 Å². The van der Waals surface area contributed by atoms with Crippen LogP contribution in [0, 0.1) is 0 Å². The largest absolute Gasteiger partial charge is 0.465 e. The number of ether oxygens (including phenoxy) is 1. The van der Waals surface area contributed by atoms with Gasteiger partial charge in [0.2, 0.25) is 0 Å². The van der Waals surface area contributed by atoms with Gasteiger partial charge < -0.3 is 9.64 Å². The van der Waals surface area contributed by atoms with Crippen LogP contribution in [0.5, 0.6) is 0 Å². The van der Waals surface area contributed by atoms with Crippen LogP contribution in [0.15, 0.2) is 103 Å². The fourth-order valence-corrected chi connectivity index (χ4v) is 4.87. The molecule has 0 saturated carbocycles. The molecule has 4 aromatic carbocycles. The van der Waals surface area contributed by atoms with Crippen LogP contribution in [0.4, 0.5) is 5.69 Å². The molecule has 0 saturated heterocycles. The van der Waals surface area contributed by atoms with Crippen LogP contribution in [0.1, 0.15) is 57.9 Å². The zero-order valence-electron chi connectivity index (χ0n) is 21.3. The van der Waals surface area contributed by atoms with Crippen LogP contribution in [0.25, 0.3) is 11.1 Å². The maximum Gasteiger partial charge on any atom is 0.337 e. The average Bonchev–Trinajstić information content (AvgIpc) is 3.20. The van der Waals surface area contributed by atoms with Crippen molar-refractivity contribution in [2.24, 2.45) is 0 Å². The highest BCUT2D eigenvalue weighted by Crippen LogP contribution is 2.43.